The molecule has 0 spiro atoms. The van der Waals surface area contributed by atoms with Gasteiger partial charge in [0.15, 0.2) is 5.82 Å². The number of aromatic nitrogens is 2. The van der Waals surface area contributed by atoms with E-state index in [1.807, 2.05) is 61.5 Å². The summed E-state index contributed by atoms with van der Waals surface area (Å²) < 4.78 is 0. The Morgan fingerprint density at radius 3 is 2.29 bits per heavy atom. The molecule has 4 rings (SSSR count). The number of halogens is 1. The summed E-state index contributed by atoms with van der Waals surface area (Å²) in [4.78, 5) is 13.1. The van der Waals surface area contributed by atoms with E-state index in [1.165, 1.54) is 5.56 Å². The average molecular weight is 388 g/mol. The van der Waals surface area contributed by atoms with Crippen LogP contribution >= 0.6 is 11.6 Å². The first-order valence-electron chi connectivity index (χ1n) is 8.89. The van der Waals surface area contributed by atoms with E-state index in [1.54, 1.807) is 24.3 Å². The standard InChI is InChI=1S/C23H18ClN3O/c1-15-7-13-19(14-8-15)25-23-20(16-5-3-2-4-6-16)21(26-27-23)22(28)17-9-11-18(24)12-10-17/h2-14H,1H3,(H2,25,26,27). The van der Waals surface area contributed by atoms with Crippen molar-refractivity contribution in [3.8, 4) is 11.1 Å². The normalized spacial score (nSPS) is 10.6. The zero-order valence-corrected chi connectivity index (χ0v) is 16.0. The molecule has 4 aromatic rings. The van der Waals surface area contributed by atoms with Crippen LogP contribution in [0.25, 0.3) is 11.1 Å². The first-order chi connectivity index (χ1) is 13.6. The Kier molecular flexibility index (Phi) is 4.96. The number of anilines is 2. The van der Waals surface area contributed by atoms with Crippen LogP contribution in [0.5, 0.6) is 0 Å². The molecule has 0 saturated heterocycles. The second-order valence-electron chi connectivity index (χ2n) is 6.52. The highest BCUT2D eigenvalue weighted by Crippen LogP contribution is 2.33. The summed E-state index contributed by atoms with van der Waals surface area (Å²) in [5.41, 5.74) is 4.70. The summed E-state index contributed by atoms with van der Waals surface area (Å²) in [5.74, 6) is 0.465. The van der Waals surface area contributed by atoms with Crippen molar-refractivity contribution < 1.29 is 4.79 Å². The minimum atomic E-state index is -0.139. The van der Waals surface area contributed by atoms with Crippen LogP contribution in [0.2, 0.25) is 5.02 Å². The van der Waals surface area contributed by atoms with E-state index in [0.29, 0.717) is 22.1 Å². The predicted octanol–water partition coefficient (Wildman–Crippen LogP) is 6.01. The summed E-state index contributed by atoms with van der Waals surface area (Å²) in [7, 11) is 0. The molecule has 1 aromatic heterocycles. The highest BCUT2D eigenvalue weighted by molar-refractivity contribution is 6.30. The second kappa shape index (κ2) is 7.71. The molecule has 0 aliphatic rings. The molecule has 138 valence electrons. The number of hydrogen-bond donors (Lipinski definition) is 2. The molecule has 4 nitrogen and oxygen atoms in total. The first-order valence-corrected chi connectivity index (χ1v) is 9.27. The van der Waals surface area contributed by atoms with E-state index in [-0.39, 0.29) is 5.78 Å². The molecule has 0 amide bonds. The Morgan fingerprint density at radius 2 is 1.61 bits per heavy atom. The Hall–Kier alpha value is -3.37. The number of benzene rings is 3. The Balaban J connectivity index is 1.78. The van der Waals surface area contributed by atoms with Gasteiger partial charge < -0.3 is 5.32 Å². The average Bonchev–Trinajstić information content (AvgIpc) is 3.14. The van der Waals surface area contributed by atoms with E-state index < -0.39 is 0 Å². The van der Waals surface area contributed by atoms with Crippen molar-refractivity contribution in [2.24, 2.45) is 0 Å². The molecular weight excluding hydrogens is 370 g/mol. The zero-order valence-electron chi connectivity index (χ0n) is 15.2. The molecule has 28 heavy (non-hydrogen) atoms. The fourth-order valence-corrected chi connectivity index (χ4v) is 3.13. The van der Waals surface area contributed by atoms with Crippen LogP contribution < -0.4 is 5.32 Å². The minimum absolute atomic E-state index is 0.139. The first kappa shape index (κ1) is 18.0. The molecule has 0 aliphatic heterocycles. The molecule has 1 heterocycles. The lowest BCUT2D eigenvalue weighted by Gasteiger charge is -2.09. The number of carbonyl (C=O) groups is 1. The van der Waals surface area contributed by atoms with Gasteiger partial charge in [-0.2, -0.15) is 5.10 Å². The molecule has 0 bridgehead atoms. The van der Waals surface area contributed by atoms with Crippen molar-refractivity contribution in [1.82, 2.24) is 10.2 Å². The lowest BCUT2D eigenvalue weighted by atomic mass is 9.99. The maximum absolute atomic E-state index is 13.1. The number of ketones is 1. The number of rotatable bonds is 5. The lowest BCUT2D eigenvalue weighted by molar-refractivity contribution is 0.103. The van der Waals surface area contributed by atoms with E-state index in [2.05, 4.69) is 15.5 Å². The number of aryl methyl sites for hydroxylation is 1. The topological polar surface area (TPSA) is 57.8 Å². The van der Waals surface area contributed by atoms with Gasteiger partial charge in [-0.3, -0.25) is 9.89 Å². The third-order valence-corrected chi connectivity index (χ3v) is 4.73. The maximum atomic E-state index is 13.1. The summed E-state index contributed by atoms with van der Waals surface area (Å²) >= 11 is 5.95. The molecule has 3 aromatic carbocycles. The van der Waals surface area contributed by atoms with Crippen molar-refractivity contribution in [3.05, 3.63) is 101 Å². The van der Waals surface area contributed by atoms with Crippen LogP contribution in [0.4, 0.5) is 11.5 Å². The van der Waals surface area contributed by atoms with Crippen molar-refractivity contribution in [3.63, 3.8) is 0 Å². The van der Waals surface area contributed by atoms with Gasteiger partial charge in [-0.05, 0) is 48.9 Å². The lowest BCUT2D eigenvalue weighted by Crippen LogP contribution is -2.04. The predicted molar refractivity (Wildman–Crippen MR) is 113 cm³/mol. The summed E-state index contributed by atoms with van der Waals surface area (Å²) in [5, 5.41) is 11.2. The fourth-order valence-electron chi connectivity index (χ4n) is 3.00. The number of carbonyl (C=O) groups excluding carboxylic acids is 1. The molecule has 0 unspecified atom stereocenters. The van der Waals surface area contributed by atoms with Gasteiger partial charge in [0.1, 0.15) is 5.69 Å². The number of nitrogens with zero attached hydrogens (tertiary/aromatic N) is 1. The number of H-pyrrole nitrogens is 1. The van der Waals surface area contributed by atoms with Gasteiger partial charge in [-0.15, -0.1) is 0 Å². The smallest absolute Gasteiger partial charge is 0.211 e. The molecule has 0 saturated carbocycles. The van der Waals surface area contributed by atoms with E-state index in [0.717, 1.165) is 16.8 Å². The molecule has 0 radical (unpaired) electrons. The van der Waals surface area contributed by atoms with Crippen molar-refractivity contribution in [1.29, 1.82) is 0 Å². The third kappa shape index (κ3) is 3.68. The van der Waals surface area contributed by atoms with E-state index in [9.17, 15) is 4.79 Å². The molecule has 0 fully saturated rings. The van der Waals surface area contributed by atoms with Crippen LogP contribution in [0, 0.1) is 6.92 Å². The Bertz CT molecular complexity index is 1100. The molecule has 5 heteroatoms. The van der Waals surface area contributed by atoms with Gasteiger partial charge in [-0.1, -0.05) is 59.6 Å². The van der Waals surface area contributed by atoms with Crippen LogP contribution in [-0.2, 0) is 0 Å². The van der Waals surface area contributed by atoms with Gasteiger partial charge in [-0.25, -0.2) is 0 Å². The monoisotopic (exact) mass is 387 g/mol. The highest BCUT2D eigenvalue weighted by atomic mass is 35.5. The molecular formula is C23H18ClN3O. The summed E-state index contributed by atoms with van der Waals surface area (Å²) in [6.45, 7) is 2.04. The molecule has 0 aliphatic carbocycles. The van der Waals surface area contributed by atoms with Crippen molar-refractivity contribution >= 4 is 28.9 Å². The van der Waals surface area contributed by atoms with Crippen LogP contribution in [0.15, 0.2) is 78.9 Å². The van der Waals surface area contributed by atoms with Gasteiger partial charge in [0, 0.05) is 16.3 Å². The number of aromatic amines is 1. The Morgan fingerprint density at radius 1 is 0.929 bits per heavy atom. The van der Waals surface area contributed by atoms with E-state index in [4.69, 9.17) is 11.6 Å². The van der Waals surface area contributed by atoms with Crippen LogP contribution in [0.1, 0.15) is 21.6 Å². The molecule has 0 atom stereocenters. The van der Waals surface area contributed by atoms with Gasteiger partial charge >= 0.3 is 0 Å². The highest BCUT2D eigenvalue weighted by Gasteiger charge is 2.22. The second-order valence-corrected chi connectivity index (χ2v) is 6.95. The number of hydrogen-bond acceptors (Lipinski definition) is 3. The summed E-state index contributed by atoms with van der Waals surface area (Å²) in [6.07, 6.45) is 0. The van der Waals surface area contributed by atoms with Crippen LogP contribution in [-0.4, -0.2) is 16.0 Å². The number of nitrogens with one attached hydrogen (secondary N) is 2. The van der Waals surface area contributed by atoms with Crippen LogP contribution in [0.3, 0.4) is 0 Å². The minimum Gasteiger partial charge on any atom is -0.338 e. The largest absolute Gasteiger partial charge is 0.338 e. The SMILES string of the molecule is Cc1ccc(Nc2n[nH]c(C(=O)c3ccc(Cl)cc3)c2-c2ccccc2)cc1. The molecule has 2 N–H and O–H groups in total. The quantitative estimate of drug-likeness (QED) is 0.412. The van der Waals surface area contributed by atoms with Gasteiger partial charge in [0.25, 0.3) is 0 Å². The van der Waals surface area contributed by atoms with Crippen molar-refractivity contribution in [2.75, 3.05) is 5.32 Å². The van der Waals surface area contributed by atoms with Gasteiger partial charge in [0.2, 0.25) is 5.78 Å². The summed E-state index contributed by atoms with van der Waals surface area (Å²) in [6, 6.07) is 24.6. The Labute approximate surface area is 168 Å². The van der Waals surface area contributed by atoms with Crippen molar-refractivity contribution in [2.45, 2.75) is 6.92 Å². The fraction of sp³-hybridized carbons (Fsp3) is 0.0435. The van der Waals surface area contributed by atoms with Gasteiger partial charge in [0.05, 0.1) is 5.56 Å². The van der Waals surface area contributed by atoms with E-state index >= 15 is 0 Å². The zero-order chi connectivity index (χ0) is 19.5. The maximum Gasteiger partial charge on any atom is 0.211 e. The third-order valence-electron chi connectivity index (χ3n) is 4.48.